The molecule has 6 heteroatoms. The van der Waals surface area contributed by atoms with E-state index in [4.69, 9.17) is 5.73 Å². The maximum absolute atomic E-state index is 15.0. The molecule has 0 spiro atoms. The van der Waals surface area contributed by atoms with Crippen LogP contribution in [-0.4, -0.2) is 23.8 Å². The van der Waals surface area contributed by atoms with Crippen LogP contribution in [0.15, 0.2) is 35.3 Å². The number of aliphatic imine (C=N–C) groups is 1. The molecular formula is C23H29FN4O. The average Bonchev–Trinajstić information content (AvgIpc) is 2.64. The van der Waals surface area contributed by atoms with Crippen LogP contribution < -0.4 is 11.1 Å². The molecule has 1 atom stereocenters. The van der Waals surface area contributed by atoms with Gasteiger partial charge in [-0.05, 0) is 82.5 Å². The molecule has 0 fully saturated rings. The lowest BCUT2D eigenvalue weighted by atomic mass is 9.67. The lowest BCUT2D eigenvalue weighted by Gasteiger charge is -2.46. The molecule has 1 amide bonds. The van der Waals surface area contributed by atoms with Crippen molar-refractivity contribution in [1.82, 2.24) is 4.90 Å². The molecular weight excluding hydrogens is 367 g/mol. The van der Waals surface area contributed by atoms with Crippen molar-refractivity contribution in [1.29, 1.82) is 0 Å². The zero-order chi connectivity index (χ0) is 21.7. The first kappa shape index (κ1) is 20.8. The van der Waals surface area contributed by atoms with Gasteiger partial charge in [0.05, 0.1) is 5.41 Å². The van der Waals surface area contributed by atoms with Crippen LogP contribution in [0.5, 0.6) is 0 Å². The topological polar surface area (TPSA) is 70.7 Å². The molecule has 5 nitrogen and oxygen atoms in total. The van der Waals surface area contributed by atoms with Crippen molar-refractivity contribution < 1.29 is 9.18 Å². The minimum absolute atomic E-state index is 0.0830. The van der Waals surface area contributed by atoms with Gasteiger partial charge in [-0.3, -0.25) is 9.69 Å². The van der Waals surface area contributed by atoms with Crippen LogP contribution in [0.2, 0.25) is 0 Å². The largest absolute Gasteiger partial charge is 0.369 e. The molecule has 3 rings (SSSR count). The normalized spacial score (nSPS) is 21.2. The first-order valence-corrected chi connectivity index (χ1v) is 9.67. The maximum atomic E-state index is 15.0. The molecule has 2 aromatic carbocycles. The minimum Gasteiger partial charge on any atom is -0.369 e. The van der Waals surface area contributed by atoms with Gasteiger partial charge in [0.15, 0.2) is 5.96 Å². The van der Waals surface area contributed by atoms with Crippen LogP contribution in [0.1, 0.15) is 43.0 Å². The summed E-state index contributed by atoms with van der Waals surface area (Å²) in [5, 5.41) is 3.38. The zero-order valence-corrected chi connectivity index (χ0v) is 18.1. The van der Waals surface area contributed by atoms with Crippen LogP contribution in [0.25, 0.3) is 0 Å². The van der Waals surface area contributed by atoms with Gasteiger partial charge in [-0.2, -0.15) is 0 Å². The second kappa shape index (κ2) is 6.87. The van der Waals surface area contributed by atoms with Crippen LogP contribution in [0, 0.1) is 32.0 Å². The SMILES string of the molecule is Cc1cc(C)c(Nc2ccc(F)c(C3(C)N=C(N)N(C)C(=O)C3(C)C)c2)cc1C. The fourth-order valence-electron chi connectivity index (χ4n) is 3.80. The monoisotopic (exact) mass is 396 g/mol. The van der Waals surface area contributed by atoms with Gasteiger partial charge in [0.2, 0.25) is 5.91 Å². The van der Waals surface area contributed by atoms with Crippen molar-refractivity contribution >= 4 is 23.2 Å². The fourth-order valence-corrected chi connectivity index (χ4v) is 3.80. The molecule has 0 aliphatic carbocycles. The summed E-state index contributed by atoms with van der Waals surface area (Å²) in [6.45, 7) is 11.5. The number of rotatable bonds is 3. The molecule has 1 heterocycles. The number of benzene rings is 2. The number of hydrogen-bond donors (Lipinski definition) is 2. The Labute approximate surface area is 171 Å². The summed E-state index contributed by atoms with van der Waals surface area (Å²) >= 11 is 0. The predicted molar refractivity (Wildman–Crippen MR) is 116 cm³/mol. The zero-order valence-electron chi connectivity index (χ0n) is 18.1. The molecule has 0 bridgehead atoms. The summed E-state index contributed by atoms with van der Waals surface area (Å²) in [5.74, 6) is -0.535. The molecule has 0 aromatic heterocycles. The van der Waals surface area contributed by atoms with Crippen LogP contribution in [0.4, 0.5) is 15.8 Å². The van der Waals surface area contributed by atoms with Gasteiger partial charge in [0, 0.05) is 24.0 Å². The molecule has 29 heavy (non-hydrogen) atoms. The van der Waals surface area contributed by atoms with E-state index in [1.165, 1.54) is 22.1 Å². The second-order valence-electron chi connectivity index (χ2n) is 8.60. The Balaban J connectivity index is 2.11. The third-order valence-electron chi connectivity index (χ3n) is 6.35. The Morgan fingerprint density at radius 1 is 1.03 bits per heavy atom. The van der Waals surface area contributed by atoms with E-state index in [0.29, 0.717) is 5.56 Å². The third kappa shape index (κ3) is 3.26. The van der Waals surface area contributed by atoms with Crippen molar-refractivity contribution in [3.05, 3.63) is 58.4 Å². The van der Waals surface area contributed by atoms with E-state index >= 15 is 0 Å². The lowest BCUT2D eigenvalue weighted by molar-refractivity contribution is -0.140. The van der Waals surface area contributed by atoms with Crippen LogP contribution in [0.3, 0.4) is 0 Å². The smallest absolute Gasteiger partial charge is 0.237 e. The molecule has 0 saturated heterocycles. The van der Waals surface area contributed by atoms with Gasteiger partial charge >= 0.3 is 0 Å². The van der Waals surface area contributed by atoms with E-state index in [1.54, 1.807) is 40.0 Å². The highest BCUT2D eigenvalue weighted by atomic mass is 19.1. The number of hydrogen-bond acceptors (Lipinski definition) is 4. The molecule has 154 valence electrons. The molecule has 1 unspecified atom stereocenters. The van der Waals surface area contributed by atoms with Gasteiger partial charge in [-0.25, -0.2) is 9.38 Å². The third-order valence-corrected chi connectivity index (χ3v) is 6.35. The molecule has 1 aliphatic rings. The Hall–Kier alpha value is -2.89. The second-order valence-corrected chi connectivity index (χ2v) is 8.60. The summed E-state index contributed by atoms with van der Waals surface area (Å²) in [4.78, 5) is 18.7. The highest BCUT2D eigenvalue weighted by Crippen LogP contribution is 2.47. The first-order valence-electron chi connectivity index (χ1n) is 9.67. The van der Waals surface area contributed by atoms with Crippen molar-refractivity contribution in [3.63, 3.8) is 0 Å². The summed E-state index contributed by atoms with van der Waals surface area (Å²) in [5.41, 5.74) is 9.38. The van der Waals surface area contributed by atoms with Crippen LogP contribution >= 0.6 is 0 Å². The van der Waals surface area contributed by atoms with Crippen LogP contribution in [-0.2, 0) is 10.3 Å². The Morgan fingerprint density at radius 2 is 1.66 bits per heavy atom. The number of nitrogens with one attached hydrogen (secondary N) is 1. The Kier molecular flexibility index (Phi) is 4.93. The van der Waals surface area contributed by atoms with E-state index in [9.17, 15) is 9.18 Å². The van der Waals surface area contributed by atoms with Gasteiger partial charge < -0.3 is 11.1 Å². The molecule has 0 radical (unpaired) electrons. The van der Waals surface area contributed by atoms with E-state index < -0.39 is 16.8 Å². The van der Waals surface area contributed by atoms with Gasteiger partial charge in [0.25, 0.3) is 0 Å². The fraction of sp³-hybridized carbons (Fsp3) is 0.391. The van der Waals surface area contributed by atoms with Crippen molar-refractivity contribution in [2.24, 2.45) is 16.1 Å². The summed E-state index contributed by atoms with van der Waals surface area (Å²) in [6.07, 6.45) is 0. The van der Waals surface area contributed by atoms with E-state index in [2.05, 4.69) is 36.3 Å². The molecule has 2 aromatic rings. The average molecular weight is 397 g/mol. The number of guanidine groups is 1. The number of carbonyl (C=O) groups excluding carboxylic acids is 1. The molecule has 0 saturated carbocycles. The Morgan fingerprint density at radius 3 is 2.31 bits per heavy atom. The number of carbonyl (C=O) groups is 1. The number of nitrogens with zero attached hydrogens (tertiary/aromatic N) is 2. The van der Waals surface area contributed by atoms with Gasteiger partial charge in [0.1, 0.15) is 11.4 Å². The van der Waals surface area contributed by atoms with Crippen molar-refractivity contribution in [3.8, 4) is 0 Å². The van der Waals surface area contributed by atoms with E-state index in [1.807, 2.05) is 6.92 Å². The standard InChI is InChI=1S/C23H29FN4O/c1-13-10-15(3)19(11-14(13)2)26-16-8-9-18(24)17(12-16)23(6)22(4,5)20(29)28(7)21(25)27-23/h8-12,26H,1-7H3,(H2,25,27). The maximum Gasteiger partial charge on any atom is 0.237 e. The van der Waals surface area contributed by atoms with Gasteiger partial charge in [-0.15, -0.1) is 0 Å². The summed E-state index contributed by atoms with van der Waals surface area (Å²) in [7, 11) is 1.58. The van der Waals surface area contributed by atoms with E-state index in [0.717, 1.165) is 16.9 Å². The van der Waals surface area contributed by atoms with Crippen molar-refractivity contribution in [2.75, 3.05) is 12.4 Å². The van der Waals surface area contributed by atoms with Crippen molar-refractivity contribution in [2.45, 2.75) is 47.1 Å². The quantitative estimate of drug-likeness (QED) is 0.801. The Bertz CT molecular complexity index is 1030. The number of amides is 1. The summed E-state index contributed by atoms with van der Waals surface area (Å²) in [6, 6.07) is 9.01. The highest BCUT2D eigenvalue weighted by Gasteiger charge is 2.53. The highest BCUT2D eigenvalue weighted by molar-refractivity contribution is 6.01. The number of aryl methyl sites for hydroxylation is 3. The minimum atomic E-state index is -1.14. The summed E-state index contributed by atoms with van der Waals surface area (Å²) < 4.78 is 15.0. The first-order chi connectivity index (χ1) is 13.4. The lowest BCUT2D eigenvalue weighted by Crippen LogP contribution is -2.58. The van der Waals surface area contributed by atoms with Gasteiger partial charge in [-0.1, -0.05) is 6.07 Å². The molecule has 3 N–H and O–H groups in total. The number of anilines is 2. The molecule has 1 aliphatic heterocycles. The van der Waals surface area contributed by atoms with E-state index in [-0.39, 0.29) is 11.9 Å². The predicted octanol–water partition coefficient (Wildman–Crippen LogP) is 4.52. The number of nitrogens with two attached hydrogens (primary N) is 1. The number of halogens is 1.